The molecule has 1 saturated heterocycles. The molecular formula is C16H24N2O3. The van der Waals surface area contributed by atoms with E-state index in [1.807, 2.05) is 0 Å². The SMILES string of the molecule is CCN(CCCC1CCCO1)c1ccc(C(=O)O)cc1N. The predicted octanol–water partition coefficient (Wildman–Crippen LogP) is 2.75. The summed E-state index contributed by atoms with van der Waals surface area (Å²) in [6.45, 7) is 4.73. The predicted molar refractivity (Wildman–Crippen MR) is 83.9 cm³/mol. The lowest BCUT2D eigenvalue weighted by atomic mass is 10.1. The van der Waals surface area contributed by atoms with E-state index >= 15 is 0 Å². The number of anilines is 2. The van der Waals surface area contributed by atoms with Crippen molar-refractivity contribution in [1.29, 1.82) is 0 Å². The molecule has 116 valence electrons. The monoisotopic (exact) mass is 292 g/mol. The van der Waals surface area contributed by atoms with Crippen LogP contribution < -0.4 is 10.6 Å². The molecule has 1 aliphatic rings. The van der Waals surface area contributed by atoms with Gasteiger partial charge in [0.2, 0.25) is 0 Å². The van der Waals surface area contributed by atoms with Gasteiger partial charge in [0.15, 0.2) is 0 Å². The highest BCUT2D eigenvalue weighted by Gasteiger charge is 2.16. The Balaban J connectivity index is 1.94. The minimum Gasteiger partial charge on any atom is -0.478 e. The third kappa shape index (κ3) is 4.11. The van der Waals surface area contributed by atoms with Gasteiger partial charge in [0.05, 0.1) is 23.0 Å². The highest BCUT2D eigenvalue weighted by atomic mass is 16.5. The van der Waals surface area contributed by atoms with Crippen LogP contribution in [-0.2, 0) is 4.74 Å². The summed E-state index contributed by atoms with van der Waals surface area (Å²) in [5, 5.41) is 8.98. The molecule has 0 radical (unpaired) electrons. The quantitative estimate of drug-likeness (QED) is 0.756. The number of benzene rings is 1. The second kappa shape index (κ2) is 7.31. The number of hydrogen-bond donors (Lipinski definition) is 2. The van der Waals surface area contributed by atoms with E-state index < -0.39 is 5.97 Å². The summed E-state index contributed by atoms with van der Waals surface area (Å²) in [6.07, 6.45) is 4.88. The van der Waals surface area contributed by atoms with Crippen LogP contribution in [0, 0.1) is 0 Å². The first-order valence-corrected chi connectivity index (χ1v) is 7.61. The first kappa shape index (κ1) is 15.6. The minimum atomic E-state index is -0.949. The number of aromatic carboxylic acids is 1. The van der Waals surface area contributed by atoms with Crippen LogP contribution in [0.5, 0.6) is 0 Å². The van der Waals surface area contributed by atoms with Crippen molar-refractivity contribution in [2.75, 3.05) is 30.3 Å². The average Bonchev–Trinajstić information content (AvgIpc) is 2.97. The Morgan fingerprint density at radius 3 is 2.90 bits per heavy atom. The molecule has 0 bridgehead atoms. The molecular weight excluding hydrogens is 268 g/mol. The van der Waals surface area contributed by atoms with Crippen LogP contribution in [-0.4, -0.2) is 36.9 Å². The fraction of sp³-hybridized carbons (Fsp3) is 0.562. The first-order chi connectivity index (χ1) is 10.1. The Morgan fingerprint density at radius 1 is 1.52 bits per heavy atom. The number of carboxylic acids is 1. The van der Waals surface area contributed by atoms with Crippen molar-refractivity contribution in [1.82, 2.24) is 0 Å². The maximum Gasteiger partial charge on any atom is 0.335 e. The molecule has 1 aliphatic heterocycles. The van der Waals surface area contributed by atoms with Gasteiger partial charge in [0.25, 0.3) is 0 Å². The van der Waals surface area contributed by atoms with Crippen LogP contribution >= 0.6 is 0 Å². The van der Waals surface area contributed by atoms with Crippen molar-refractivity contribution in [3.63, 3.8) is 0 Å². The third-order valence-corrected chi connectivity index (χ3v) is 3.98. The number of rotatable bonds is 7. The van der Waals surface area contributed by atoms with Crippen molar-refractivity contribution >= 4 is 17.3 Å². The van der Waals surface area contributed by atoms with Crippen LogP contribution in [0.4, 0.5) is 11.4 Å². The number of nitrogens with zero attached hydrogens (tertiary/aromatic N) is 1. The van der Waals surface area contributed by atoms with E-state index in [0.717, 1.165) is 38.2 Å². The Kier molecular flexibility index (Phi) is 5.44. The van der Waals surface area contributed by atoms with Crippen LogP contribution in [0.2, 0.25) is 0 Å². The summed E-state index contributed by atoms with van der Waals surface area (Å²) in [4.78, 5) is 13.1. The van der Waals surface area contributed by atoms with Gasteiger partial charge in [0.1, 0.15) is 0 Å². The molecule has 0 amide bonds. The van der Waals surface area contributed by atoms with E-state index in [1.165, 1.54) is 18.9 Å². The standard InChI is InChI=1S/C16H24N2O3/c1-2-18(9-3-5-13-6-4-10-21-13)15-8-7-12(16(19)20)11-14(15)17/h7-8,11,13H,2-6,9-10,17H2,1H3,(H,19,20). The lowest BCUT2D eigenvalue weighted by Gasteiger charge is -2.25. The van der Waals surface area contributed by atoms with Crippen LogP contribution in [0.1, 0.15) is 43.0 Å². The van der Waals surface area contributed by atoms with E-state index in [0.29, 0.717) is 11.8 Å². The molecule has 5 nitrogen and oxygen atoms in total. The molecule has 0 aliphatic carbocycles. The molecule has 0 saturated carbocycles. The highest BCUT2D eigenvalue weighted by Crippen LogP contribution is 2.25. The van der Waals surface area contributed by atoms with E-state index in [-0.39, 0.29) is 5.56 Å². The summed E-state index contributed by atoms with van der Waals surface area (Å²) in [5.74, 6) is -0.949. The maximum absolute atomic E-state index is 10.9. The number of nitrogens with two attached hydrogens (primary N) is 1. The highest BCUT2D eigenvalue weighted by molar-refractivity contribution is 5.90. The summed E-state index contributed by atoms with van der Waals surface area (Å²) in [6, 6.07) is 4.94. The average molecular weight is 292 g/mol. The molecule has 0 aromatic heterocycles. The van der Waals surface area contributed by atoms with Crippen molar-refractivity contribution in [3.8, 4) is 0 Å². The van der Waals surface area contributed by atoms with Gasteiger partial charge in [-0.25, -0.2) is 4.79 Å². The van der Waals surface area contributed by atoms with Gasteiger partial charge in [0, 0.05) is 19.7 Å². The fourth-order valence-corrected chi connectivity index (χ4v) is 2.81. The molecule has 5 heteroatoms. The largest absolute Gasteiger partial charge is 0.478 e. The van der Waals surface area contributed by atoms with Crippen molar-refractivity contribution in [2.24, 2.45) is 0 Å². The number of carboxylic acid groups (broad SMARTS) is 1. The summed E-state index contributed by atoms with van der Waals surface area (Å²) < 4.78 is 5.63. The molecule has 1 atom stereocenters. The van der Waals surface area contributed by atoms with Gasteiger partial charge in [-0.05, 0) is 50.8 Å². The van der Waals surface area contributed by atoms with Gasteiger partial charge in [-0.15, -0.1) is 0 Å². The van der Waals surface area contributed by atoms with Gasteiger partial charge < -0.3 is 20.5 Å². The Labute approximate surface area is 125 Å². The van der Waals surface area contributed by atoms with Crippen molar-refractivity contribution in [2.45, 2.75) is 38.7 Å². The molecule has 1 fully saturated rings. The number of carbonyl (C=O) groups is 1. The Morgan fingerprint density at radius 2 is 2.33 bits per heavy atom. The van der Waals surface area contributed by atoms with Crippen LogP contribution in [0.15, 0.2) is 18.2 Å². The van der Waals surface area contributed by atoms with Crippen molar-refractivity contribution < 1.29 is 14.6 Å². The molecule has 1 aromatic carbocycles. The topological polar surface area (TPSA) is 75.8 Å². The van der Waals surface area contributed by atoms with Gasteiger partial charge in [-0.1, -0.05) is 0 Å². The van der Waals surface area contributed by atoms with Crippen molar-refractivity contribution in [3.05, 3.63) is 23.8 Å². The van der Waals surface area contributed by atoms with Gasteiger partial charge in [-0.3, -0.25) is 0 Å². The van der Waals surface area contributed by atoms with Gasteiger partial charge in [-0.2, -0.15) is 0 Å². The van der Waals surface area contributed by atoms with Crippen LogP contribution in [0.25, 0.3) is 0 Å². The number of nitrogen functional groups attached to an aromatic ring is 1. The van der Waals surface area contributed by atoms with E-state index in [9.17, 15) is 4.79 Å². The second-order valence-corrected chi connectivity index (χ2v) is 5.44. The first-order valence-electron chi connectivity index (χ1n) is 7.61. The number of hydrogen-bond acceptors (Lipinski definition) is 4. The third-order valence-electron chi connectivity index (χ3n) is 3.98. The maximum atomic E-state index is 10.9. The molecule has 1 aromatic rings. The summed E-state index contributed by atoms with van der Waals surface area (Å²) in [5.41, 5.74) is 7.66. The summed E-state index contributed by atoms with van der Waals surface area (Å²) >= 11 is 0. The molecule has 0 spiro atoms. The minimum absolute atomic E-state index is 0.228. The number of ether oxygens (including phenoxy) is 1. The molecule has 1 heterocycles. The summed E-state index contributed by atoms with van der Waals surface area (Å²) in [7, 11) is 0. The normalized spacial score (nSPS) is 17.9. The zero-order valence-electron chi connectivity index (χ0n) is 12.5. The molecule has 3 N–H and O–H groups in total. The Bertz CT molecular complexity index is 484. The molecule has 1 unspecified atom stereocenters. The molecule has 21 heavy (non-hydrogen) atoms. The lowest BCUT2D eigenvalue weighted by Crippen LogP contribution is -2.26. The van der Waals surface area contributed by atoms with E-state index in [1.54, 1.807) is 12.1 Å². The zero-order chi connectivity index (χ0) is 15.2. The van der Waals surface area contributed by atoms with Gasteiger partial charge >= 0.3 is 5.97 Å². The fourth-order valence-electron chi connectivity index (χ4n) is 2.81. The molecule has 2 rings (SSSR count). The van der Waals surface area contributed by atoms with E-state index in [2.05, 4.69) is 11.8 Å². The smallest absolute Gasteiger partial charge is 0.335 e. The Hall–Kier alpha value is -1.75. The van der Waals surface area contributed by atoms with Crippen LogP contribution in [0.3, 0.4) is 0 Å². The lowest BCUT2D eigenvalue weighted by molar-refractivity contribution is 0.0697. The second-order valence-electron chi connectivity index (χ2n) is 5.44. The van der Waals surface area contributed by atoms with E-state index in [4.69, 9.17) is 15.6 Å². The zero-order valence-corrected chi connectivity index (χ0v) is 12.5.